The van der Waals surface area contributed by atoms with E-state index in [1.165, 1.54) is 0 Å². The molecular weight excluding hydrogens is 354 g/mol. The summed E-state index contributed by atoms with van der Waals surface area (Å²) in [6.45, 7) is 4.52. The first kappa shape index (κ1) is 20.5. The molecule has 26 heavy (non-hydrogen) atoms. The summed E-state index contributed by atoms with van der Waals surface area (Å²) in [5.41, 5.74) is 1.11. The number of halogens is 1. The zero-order chi connectivity index (χ0) is 19.1. The molecule has 2 amide bonds. The van der Waals surface area contributed by atoms with Gasteiger partial charge in [0.1, 0.15) is 0 Å². The summed E-state index contributed by atoms with van der Waals surface area (Å²) >= 11 is 5.99. The molecule has 0 bridgehead atoms. The van der Waals surface area contributed by atoms with Gasteiger partial charge in [0.05, 0.1) is 12.0 Å². The average molecular weight is 382 g/mol. The van der Waals surface area contributed by atoms with Gasteiger partial charge in [0.25, 0.3) is 0 Å². The Hall–Kier alpha value is -1.79. The highest BCUT2D eigenvalue weighted by Crippen LogP contribution is 2.22. The quantitative estimate of drug-likeness (QED) is 0.760. The highest BCUT2D eigenvalue weighted by Gasteiger charge is 2.27. The Labute approximate surface area is 160 Å². The van der Waals surface area contributed by atoms with Crippen molar-refractivity contribution in [1.29, 1.82) is 0 Å². The van der Waals surface area contributed by atoms with Gasteiger partial charge in [-0.05, 0) is 50.6 Å². The van der Waals surface area contributed by atoms with Gasteiger partial charge in [-0.15, -0.1) is 0 Å². The van der Waals surface area contributed by atoms with Gasteiger partial charge in [-0.1, -0.05) is 30.7 Å². The van der Waals surface area contributed by atoms with Crippen LogP contribution in [-0.2, 0) is 4.79 Å². The number of amides is 2. The molecule has 1 atom stereocenters. The number of hydrogen-bond acceptors (Lipinski definition) is 3. The number of nitrogens with one attached hydrogen (secondary N) is 1. The number of benzene rings is 1. The van der Waals surface area contributed by atoms with Crippen molar-refractivity contribution in [1.82, 2.24) is 15.1 Å². The largest absolute Gasteiger partial charge is 0.481 e. The Morgan fingerprint density at radius 2 is 1.92 bits per heavy atom. The lowest BCUT2D eigenvalue weighted by Gasteiger charge is -2.32. The minimum absolute atomic E-state index is 0.0627. The number of hydrogen-bond donors (Lipinski definition) is 2. The smallest absolute Gasteiger partial charge is 0.317 e. The van der Waals surface area contributed by atoms with E-state index in [1.807, 2.05) is 31.3 Å². The number of aliphatic carboxylic acids is 1. The molecule has 0 radical (unpaired) electrons. The fourth-order valence-corrected chi connectivity index (χ4v) is 3.47. The van der Waals surface area contributed by atoms with Crippen LogP contribution in [0.4, 0.5) is 4.79 Å². The molecule has 1 aromatic carbocycles. The van der Waals surface area contributed by atoms with Crippen LogP contribution in [0.3, 0.4) is 0 Å². The highest BCUT2D eigenvalue weighted by atomic mass is 35.5. The normalized spacial score (nSPS) is 16.5. The van der Waals surface area contributed by atoms with Crippen LogP contribution in [-0.4, -0.2) is 60.1 Å². The first-order valence-corrected chi connectivity index (χ1v) is 9.51. The van der Waals surface area contributed by atoms with Crippen LogP contribution in [0.15, 0.2) is 24.3 Å². The van der Waals surface area contributed by atoms with Crippen molar-refractivity contribution in [2.75, 3.05) is 33.2 Å². The Balaban J connectivity index is 1.95. The molecule has 0 aliphatic carbocycles. The molecule has 2 rings (SSSR count). The van der Waals surface area contributed by atoms with E-state index in [9.17, 15) is 9.59 Å². The SMILES string of the molecule is CCCN(C)C(CNC(=O)N1CCC(C(=O)O)CC1)c1ccc(Cl)cc1. The molecule has 144 valence electrons. The number of urea groups is 1. The minimum Gasteiger partial charge on any atom is -0.481 e. The fourth-order valence-electron chi connectivity index (χ4n) is 3.35. The van der Waals surface area contributed by atoms with Crippen molar-refractivity contribution in [3.63, 3.8) is 0 Å². The predicted molar refractivity (Wildman–Crippen MR) is 102 cm³/mol. The third-order valence-electron chi connectivity index (χ3n) is 4.94. The summed E-state index contributed by atoms with van der Waals surface area (Å²) in [7, 11) is 2.05. The van der Waals surface area contributed by atoms with Crippen molar-refractivity contribution < 1.29 is 14.7 Å². The number of piperidine rings is 1. The first-order chi connectivity index (χ1) is 12.4. The number of carboxylic acid groups (broad SMARTS) is 1. The molecule has 0 spiro atoms. The van der Waals surface area contributed by atoms with E-state index in [-0.39, 0.29) is 18.0 Å². The molecule has 6 nitrogen and oxygen atoms in total. The van der Waals surface area contributed by atoms with E-state index < -0.39 is 5.97 Å². The number of carboxylic acids is 1. The zero-order valence-electron chi connectivity index (χ0n) is 15.4. The van der Waals surface area contributed by atoms with Crippen LogP contribution in [0.25, 0.3) is 0 Å². The van der Waals surface area contributed by atoms with Gasteiger partial charge in [0.15, 0.2) is 0 Å². The summed E-state index contributed by atoms with van der Waals surface area (Å²) in [5, 5.41) is 12.8. The number of carbonyl (C=O) groups excluding carboxylic acids is 1. The van der Waals surface area contributed by atoms with Crippen molar-refractivity contribution in [3.8, 4) is 0 Å². The third-order valence-corrected chi connectivity index (χ3v) is 5.19. The van der Waals surface area contributed by atoms with Crippen molar-refractivity contribution in [2.24, 2.45) is 5.92 Å². The zero-order valence-corrected chi connectivity index (χ0v) is 16.2. The molecule has 1 fully saturated rings. The van der Waals surface area contributed by atoms with Gasteiger partial charge in [0.2, 0.25) is 0 Å². The molecule has 1 saturated heterocycles. The molecular formula is C19H28ClN3O3. The van der Waals surface area contributed by atoms with E-state index in [4.69, 9.17) is 16.7 Å². The number of likely N-dealkylation sites (tertiary alicyclic amines) is 1. The summed E-state index contributed by atoms with van der Waals surface area (Å²) in [4.78, 5) is 27.4. The summed E-state index contributed by atoms with van der Waals surface area (Å²) in [6, 6.07) is 7.64. The lowest BCUT2D eigenvalue weighted by atomic mass is 9.97. The average Bonchev–Trinajstić information content (AvgIpc) is 2.63. The number of rotatable bonds is 7. The van der Waals surface area contributed by atoms with Crippen LogP contribution in [0.5, 0.6) is 0 Å². The Bertz CT molecular complexity index is 601. The van der Waals surface area contributed by atoms with Crippen LogP contribution in [0.1, 0.15) is 37.8 Å². The molecule has 2 N–H and O–H groups in total. The molecule has 7 heteroatoms. The van der Waals surface area contributed by atoms with Gasteiger partial charge < -0.3 is 15.3 Å². The second-order valence-electron chi connectivity index (χ2n) is 6.83. The van der Waals surface area contributed by atoms with E-state index in [1.54, 1.807) is 4.90 Å². The molecule has 1 aliphatic rings. The summed E-state index contributed by atoms with van der Waals surface area (Å²) in [6.07, 6.45) is 2.05. The van der Waals surface area contributed by atoms with Crippen molar-refractivity contribution >= 4 is 23.6 Å². The Kier molecular flexibility index (Phi) is 7.72. The number of carbonyl (C=O) groups is 2. The fraction of sp³-hybridized carbons (Fsp3) is 0.579. The third kappa shape index (κ3) is 5.61. The van der Waals surface area contributed by atoms with Gasteiger partial charge >= 0.3 is 12.0 Å². The maximum Gasteiger partial charge on any atom is 0.317 e. The summed E-state index contributed by atoms with van der Waals surface area (Å²) < 4.78 is 0. The van der Waals surface area contributed by atoms with Crippen LogP contribution >= 0.6 is 11.6 Å². The van der Waals surface area contributed by atoms with Crippen molar-refractivity contribution in [3.05, 3.63) is 34.9 Å². The standard InChI is InChI=1S/C19H28ClN3O3/c1-3-10-22(2)17(14-4-6-16(20)7-5-14)13-21-19(26)23-11-8-15(9-12-23)18(24)25/h4-7,15,17H,3,8-13H2,1-2H3,(H,21,26)(H,24,25). The van der Waals surface area contributed by atoms with E-state index in [0.717, 1.165) is 18.5 Å². The maximum absolute atomic E-state index is 12.5. The van der Waals surface area contributed by atoms with Gasteiger partial charge in [-0.25, -0.2) is 4.79 Å². The Morgan fingerprint density at radius 1 is 1.31 bits per heavy atom. The Morgan fingerprint density at radius 3 is 2.46 bits per heavy atom. The molecule has 1 aliphatic heterocycles. The maximum atomic E-state index is 12.5. The summed E-state index contributed by atoms with van der Waals surface area (Å²) in [5.74, 6) is -1.11. The predicted octanol–water partition coefficient (Wildman–Crippen LogP) is 3.23. The number of likely N-dealkylation sites (N-methyl/N-ethyl adjacent to an activating group) is 1. The molecule has 0 saturated carbocycles. The van der Waals surface area contributed by atoms with Crippen LogP contribution in [0, 0.1) is 5.92 Å². The van der Waals surface area contributed by atoms with Crippen LogP contribution in [0.2, 0.25) is 5.02 Å². The second-order valence-corrected chi connectivity index (χ2v) is 7.27. The first-order valence-electron chi connectivity index (χ1n) is 9.13. The lowest BCUT2D eigenvalue weighted by molar-refractivity contribution is -0.143. The van der Waals surface area contributed by atoms with E-state index in [0.29, 0.717) is 37.5 Å². The number of nitrogens with zero attached hydrogens (tertiary/aromatic N) is 2. The minimum atomic E-state index is -0.769. The lowest BCUT2D eigenvalue weighted by Crippen LogP contribution is -2.47. The van der Waals surface area contributed by atoms with Gasteiger partial charge in [-0.2, -0.15) is 0 Å². The molecule has 1 aromatic rings. The van der Waals surface area contributed by atoms with E-state index >= 15 is 0 Å². The topological polar surface area (TPSA) is 72.9 Å². The van der Waals surface area contributed by atoms with Crippen LogP contribution < -0.4 is 5.32 Å². The molecule has 1 unspecified atom stereocenters. The van der Waals surface area contributed by atoms with E-state index in [2.05, 4.69) is 17.1 Å². The van der Waals surface area contributed by atoms with Gasteiger partial charge in [0, 0.05) is 24.7 Å². The molecule has 0 aromatic heterocycles. The monoisotopic (exact) mass is 381 g/mol. The second kappa shape index (κ2) is 9.78. The van der Waals surface area contributed by atoms with Crippen molar-refractivity contribution in [2.45, 2.75) is 32.2 Å². The highest BCUT2D eigenvalue weighted by molar-refractivity contribution is 6.30. The molecule has 1 heterocycles. The van der Waals surface area contributed by atoms with Gasteiger partial charge in [-0.3, -0.25) is 9.69 Å².